The molecule has 2 N–H and O–H groups in total. The van der Waals surface area contributed by atoms with Crippen LogP contribution in [-0.2, 0) is 76.6 Å². The molecule has 16 heteroatoms. The Kier molecular flexibility index (Phi) is 21.1. The zero-order valence-electron chi connectivity index (χ0n) is 67.0. The Balaban J connectivity index is 0.000000144. The monoisotopic (exact) mass is 1620 g/mol. The standard InChI is InChI=1S/C52H59N5O2.C27H39BN2O4.C16H14Br2/c1-52(2,3)59-51(58)57-47-11-7-6-10-39(47)30-48(57)50-54-44-23-21-38(29-46(44)56-50)42-25-32-13-17-33-16-12-31(14-18-34(42)19-15-32)24-41(33)37-20-22-43-45(28-37)55-49(53-43)40-26-35-8-4-5-9-36(35)27-40;1-25(2,3)32-24(31)30-22-11-9-8-10-18(22)15-23(30)21-14-17-12-13-19(16-20(17)29-21)28-33-26(4,5)27(6,7)34-28;17-15-9-11-1-5-13(15)8-4-12-2-6-14(7-3-11)16(18)10-12/h12,15-16,19-25,28-29,35-36,39-40,47-48H,4-11,13-14,17-18,26-27,30H2,1-3H3,(H,53,55)(H,54,56);12-13,16,18,22-23H,8-11,14-15H2,1-7H3;1-2,5-6,9-10H,3-4,7-8H2. The number of nitrogens with one attached hydrogen (secondary N) is 2. The van der Waals surface area contributed by atoms with Crippen molar-refractivity contribution in [2.75, 3.05) is 0 Å². The number of amides is 2. The number of nitrogens with zero attached hydrogens (tertiary/aromatic N) is 5. The van der Waals surface area contributed by atoms with Crippen LogP contribution in [-0.4, -0.2) is 95.3 Å². The molecule has 7 aromatic carbocycles. The summed E-state index contributed by atoms with van der Waals surface area (Å²) in [4.78, 5) is 54.0. The SMILES string of the molecule is Brc1cc2ccc1CCc1ccc(c(Br)c1)CC2.CC(C)(C)OC(=O)N1C(C2=Nc3cc(B4OC(C)(C)C(C)(C)O4)ccc3C2)CC2CCCCC21.CC(C)(C)OC(=O)N1C(c2nc3ccc(-c4cc5ccc4CCc4ccc(c(-c6ccc7nc(C8CC9CCCCC9C8)[nH]c7c6)c4)CC5)cc3[nH]2)CC2CCCCC21. The fourth-order valence-corrected chi connectivity index (χ4v) is 21.7. The molecule has 4 aliphatic heterocycles. The van der Waals surface area contributed by atoms with Crippen LogP contribution in [0.3, 0.4) is 0 Å². The van der Waals surface area contributed by atoms with E-state index >= 15 is 0 Å². The van der Waals surface area contributed by atoms with E-state index < -0.39 is 18.3 Å². The van der Waals surface area contributed by atoms with Gasteiger partial charge in [0, 0.05) is 39.1 Å². The third kappa shape index (κ3) is 16.2. The third-order valence-electron chi connectivity index (χ3n) is 26.9. The lowest BCUT2D eigenvalue weighted by Gasteiger charge is -2.35. The van der Waals surface area contributed by atoms with Gasteiger partial charge in [0.15, 0.2) is 0 Å². The minimum Gasteiger partial charge on any atom is -0.444 e. The van der Waals surface area contributed by atoms with Crippen LogP contribution in [0.2, 0.25) is 0 Å². The van der Waals surface area contributed by atoms with Crippen LogP contribution in [0, 0.1) is 23.7 Å². The molecule has 9 aromatic rings. The summed E-state index contributed by atoms with van der Waals surface area (Å²) in [5, 5.41) is 0. The number of aryl methyl sites for hydroxylation is 8. The van der Waals surface area contributed by atoms with Gasteiger partial charge in [-0.3, -0.25) is 14.8 Å². The van der Waals surface area contributed by atoms with Crippen molar-refractivity contribution in [3.05, 3.63) is 198 Å². The van der Waals surface area contributed by atoms with E-state index in [1.54, 1.807) is 0 Å². The molecule has 0 radical (unpaired) electrons. The van der Waals surface area contributed by atoms with Crippen molar-refractivity contribution in [2.45, 2.75) is 282 Å². The Morgan fingerprint density at radius 1 is 0.468 bits per heavy atom. The van der Waals surface area contributed by atoms with Crippen molar-refractivity contribution >= 4 is 90.1 Å². The maximum Gasteiger partial charge on any atom is 0.494 e. The van der Waals surface area contributed by atoms with E-state index in [-0.39, 0.29) is 47.6 Å². The van der Waals surface area contributed by atoms with E-state index in [0.29, 0.717) is 17.8 Å². The lowest BCUT2D eigenvalue weighted by Crippen LogP contribution is -2.48. The summed E-state index contributed by atoms with van der Waals surface area (Å²) < 4.78 is 26.9. The molecule has 4 saturated carbocycles. The molecular weight excluding hydrogens is 1510 g/mol. The minimum atomic E-state index is -0.541. The number of hydrogen-bond acceptors (Lipinski definition) is 9. The fourth-order valence-electron chi connectivity index (χ4n) is 20.4. The largest absolute Gasteiger partial charge is 0.494 e. The van der Waals surface area contributed by atoms with Gasteiger partial charge in [0.25, 0.3) is 0 Å². The Hall–Kier alpha value is -7.37. The van der Waals surface area contributed by atoms with Crippen LogP contribution in [0.5, 0.6) is 0 Å². The Bertz CT molecular complexity index is 4960. The summed E-state index contributed by atoms with van der Waals surface area (Å²) in [5.74, 6) is 5.51. The number of halogens is 2. The average molecular weight is 1620 g/mol. The van der Waals surface area contributed by atoms with Crippen molar-refractivity contribution in [1.82, 2.24) is 29.7 Å². The van der Waals surface area contributed by atoms with Crippen molar-refractivity contribution in [2.24, 2.45) is 28.7 Å². The zero-order valence-corrected chi connectivity index (χ0v) is 70.2. The molecule has 0 spiro atoms. The van der Waals surface area contributed by atoms with Crippen molar-refractivity contribution in [3.63, 3.8) is 0 Å². The first kappa shape index (κ1) is 76.3. The number of carbonyl (C=O) groups is 2. The summed E-state index contributed by atoms with van der Waals surface area (Å²) in [7, 11) is -0.401. The molecule has 3 saturated heterocycles. The topological polar surface area (TPSA) is 147 Å². The minimum absolute atomic E-state index is 0.00986. The molecule has 8 bridgehead atoms. The Labute approximate surface area is 674 Å². The normalized spacial score (nSPS) is 25.0. The number of fused-ring (bicyclic) bond motifs is 6. The summed E-state index contributed by atoms with van der Waals surface area (Å²) >= 11 is 7.39. The highest BCUT2D eigenvalue weighted by molar-refractivity contribution is 9.10. The first-order valence-corrected chi connectivity index (χ1v) is 43.7. The van der Waals surface area contributed by atoms with E-state index in [2.05, 4.69) is 197 Å². The van der Waals surface area contributed by atoms with Gasteiger partial charge in [0.2, 0.25) is 0 Å². The number of imidazole rings is 2. The predicted molar refractivity (Wildman–Crippen MR) is 455 cm³/mol. The second-order valence-corrected chi connectivity index (χ2v) is 39.0. The zero-order chi connectivity index (χ0) is 76.8. The number of carbonyl (C=O) groups excluding carboxylic acids is 2. The molecule has 7 fully saturated rings. The maximum absolute atomic E-state index is 13.7. The number of hydrogen-bond donors (Lipinski definition) is 2. The molecule has 13 nitrogen and oxygen atoms in total. The van der Waals surface area contributed by atoms with E-state index in [0.717, 1.165) is 147 Å². The number of ether oxygens (including phenoxy) is 2. The highest BCUT2D eigenvalue weighted by atomic mass is 79.9. The molecule has 6 heterocycles. The van der Waals surface area contributed by atoms with Gasteiger partial charge >= 0.3 is 19.3 Å². The van der Waals surface area contributed by atoms with Crippen LogP contribution in [0.25, 0.3) is 44.3 Å². The lowest BCUT2D eigenvalue weighted by atomic mass is 9.78. The van der Waals surface area contributed by atoms with Crippen molar-refractivity contribution in [1.29, 1.82) is 0 Å². The van der Waals surface area contributed by atoms with Crippen LogP contribution >= 0.6 is 31.9 Å². The second kappa shape index (κ2) is 30.8. The molecule has 111 heavy (non-hydrogen) atoms. The smallest absolute Gasteiger partial charge is 0.444 e. The molecule has 16 aliphatic rings. The number of rotatable bonds is 6. The highest BCUT2D eigenvalue weighted by Crippen LogP contribution is 2.51. The van der Waals surface area contributed by atoms with Crippen LogP contribution in [0.4, 0.5) is 15.3 Å². The highest BCUT2D eigenvalue weighted by Gasteiger charge is 2.53. The number of likely N-dealkylation sites (tertiary alicyclic amines) is 2. The summed E-state index contributed by atoms with van der Waals surface area (Å²) in [6.45, 7) is 20.0. The van der Waals surface area contributed by atoms with Crippen molar-refractivity contribution in [3.8, 4) is 22.3 Å². The summed E-state index contributed by atoms with van der Waals surface area (Å²) in [6.07, 6.45) is 28.1. The van der Waals surface area contributed by atoms with E-state index in [4.69, 9.17) is 33.7 Å². The average Bonchev–Trinajstić information content (AvgIpc) is 1.62. The van der Waals surface area contributed by atoms with Crippen LogP contribution in [0.1, 0.15) is 246 Å². The van der Waals surface area contributed by atoms with Gasteiger partial charge in [0.1, 0.15) is 22.9 Å². The van der Waals surface area contributed by atoms with Gasteiger partial charge in [0.05, 0.1) is 51.0 Å². The molecule has 25 rings (SSSR count). The van der Waals surface area contributed by atoms with Gasteiger partial charge in [-0.25, -0.2) is 19.6 Å². The third-order valence-corrected chi connectivity index (χ3v) is 28.4. The number of aliphatic imine (C=N–C) groups is 1. The summed E-state index contributed by atoms with van der Waals surface area (Å²) in [5.41, 5.74) is 23.0. The molecular formula is C95H112BBr2N7O6. The molecule has 8 atom stereocenters. The summed E-state index contributed by atoms with van der Waals surface area (Å²) in [6, 6.07) is 48.3. The van der Waals surface area contributed by atoms with Gasteiger partial charge in [-0.2, -0.15) is 0 Å². The van der Waals surface area contributed by atoms with Crippen LogP contribution in [0.15, 0.2) is 141 Å². The maximum atomic E-state index is 13.7. The van der Waals surface area contributed by atoms with E-state index in [1.807, 2.05) is 51.3 Å². The molecule has 2 amide bonds. The number of aromatic nitrogens is 4. The van der Waals surface area contributed by atoms with Gasteiger partial charge in [-0.15, -0.1) is 0 Å². The van der Waals surface area contributed by atoms with Crippen LogP contribution < -0.4 is 5.46 Å². The fraction of sp³-hybridized carbons (Fsp3) is 0.505. The second-order valence-electron chi connectivity index (χ2n) is 37.3. The first-order valence-electron chi connectivity index (χ1n) is 42.1. The predicted octanol–water partition coefficient (Wildman–Crippen LogP) is 22.9. The van der Waals surface area contributed by atoms with Crippen molar-refractivity contribution < 1.29 is 28.4 Å². The van der Waals surface area contributed by atoms with E-state index in [1.165, 1.54) is 157 Å². The molecule has 580 valence electrons. The molecule has 8 unspecified atom stereocenters. The molecule has 2 aromatic heterocycles. The van der Waals surface area contributed by atoms with Gasteiger partial charge in [-0.05, 0) is 316 Å². The van der Waals surface area contributed by atoms with Gasteiger partial charge < -0.3 is 28.8 Å². The quantitative estimate of drug-likeness (QED) is 0.156. The Morgan fingerprint density at radius 3 is 1.39 bits per heavy atom. The Morgan fingerprint density at radius 2 is 0.892 bits per heavy atom. The van der Waals surface area contributed by atoms with Gasteiger partial charge in [-0.1, -0.05) is 168 Å². The first-order chi connectivity index (χ1) is 53.3. The molecule has 12 aliphatic carbocycles. The van der Waals surface area contributed by atoms with E-state index in [9.17, 15) is 9.59 Å². The number of H-pyrrole nitrogens is 2. The number of benzene rings is 7. The lowest BCUT2D eigenvalue weighted by molar-refractivity contribution is 0.00578. The number of aromatic amines is 2.